The summed E-state index contributed by atoms with van der Waals surface area (Å²) >= 11 is 12.0. The molecule has 0 radical (unpaired) electrons. The predicted octanol–water partition coefficient (Wildman–Crippen LogP) is 5.36. The van der Waals surface area contributed by atoms with E-state index in [0.29, 0.717) is 0 Å². The van der Waals surface area contributed by atoms with E-state index in [-0.39, 0.29) is 26.2 Å². The highest BCUT2D eigenvalue weighted by atomic mass is 35.5. The summed E-state index contributed by atoms with van der Waals surface area (Å²) in [5.41, 5.74) is 1.37. The molecular weight excluding hydrogens is 514 g/mol. The fourth-order valence-corrected chi connectivity index (χ4v) is 4.80. The second-order valence-corrected chi connectivity index (χ2v) is 9.60. The molecule has 0 spiro atoms. The van der Waals surface area contributed by atoms with Gasteiger partial charge in [0.05, 0.1) is 22.4 Å². The van der Waals surface area contributed by atoms with Crippen molar-refractivity contribution in [2.75, 3.05) is 10.8 Å². The molecule has 0 atom stereocenters. The SMILES string of the molecule is O=C(CN(c1cc(Cl)cc(Cl)c1)S(=O)(=O)c1ccccc1)N/N=C\c1cccc(C(F)(F)F)c1. The summed E-state index contributed by atoms with van der Waals surface area (Å²) in [5.74, 6) is -0.848. The number of rotatable bonds is 7. The number of alkyl halides is 3. The number of carbonyl (C=O) groups is 1. The number of nitrogens with one attached hydrogen (secondary N) is 1. The molecule has 0 saturated carbocycles. The van der Waals surface area contributed by atoms with Crippen LogP contribution in [-0.2, 0) is 21.0 Å². The number of hydrogen-bond donors (Lipinski definition) is 1. The number of amides is 1. The van der Waals surface area contributed by atoms with E-state index < -0.39 is 34.2 Å². The third-order valence-corrected chi connectivity index (χ3v) is 6.60. The fraction of sp³-hybridized carbons (Fsp3) is 0.0909. The van der Waals surface area contributed by atoms with Gasteiger partial charge in [0.15, 0.2) is 0 Å². The summed E-state index contributed by atoms with van der Waals surface area (Å²) in [6, 6.07) is 15.8. The van der Waals surface area contributed by atoms with E-state index in [4.69, 9.17) is 23.2 Å². The smallest absolute Gasteiger partial charge is 0.271 e. The summed E-state index contributed by atoms with van der Waals surface area (Å²) in [4.78, 5) is 12.4. The molecule has 0 aromatic heterocycles. The maximum Gasteiger partial charge on any atom is 0.416 e. The number of hydrogen-bond acceptors (Lipinski definition) is 4. The molecular formula is C22H16Cl2F3N3O3S. The monoisotopic (exact) mass is 529 g/mol. The second kappa shape index (κ2) is 10.5. The third kappa shape index (κ3) is 6.49. The Morgan fingerprint density at radius 2 is 1.62 bits per heavy atom. The first-order chi connectivity index (χ1) is 16.0. The Bertz CT molecular complexity index is 1300. The van der Waals surface area contributed by atoms with Crippen molar-refractivity contribution >= 4 is 51.0 Å². The van der Waals surface area contributed by atoms with Gasteiger partial charge < -0.3 is 0 Å². The number of benzene rings is 3. The minimum Gasteiger partial charge on any atom is -0.271 e. The van der Waals surface area contributed by atoms with Gasteiger partial charge in [0, 0.05) is 10.0 Å². The third-order valence-electron chi connectivity index (χ3n) is 4.37. The molecule has 0 unspecified atom stereocenters. The van der Waals surface area contributed by atoms with Gasteiger partial charge >= 0.3 is 6.18 Å². The van der Waals surface area contributed by atoms with Crippen molar-refractivity contribution in [3.63, 3.8) is 0 Å². The van der Waals surface area contributed by atoms with E-state index in [1.807, 2.05) is 0 Å². The van der Waals surface area contributed by atoms with E-state index >= 15 is 0 Å². The van der Waals surface area contributed by atoms with Gasteiger partial charge in [-0.1, -0.05) is 53.5 Å². The van der Waals surface area contributed by atoms with Gasteiger partial charge in [-0.15, -0.1) is 0 Å². The molecule has 3 rings (SSSR count). The van der Waals surface area contributed by atoms with Crippen LogP contribution in [0.5, 0.6) is 0 Å². The number of halogens is 5. The lowest BCUT2D eigenvalue weighted by molar-refractivity contribution is -0.137. The van der Waals surface area contributed by atoms with Gasteiger partial charge in [-0.3, -0.25) is 9.10 Å². The van der Waals surface area contributed by atoms with E-state index in [0.717, 1.165) is 22.7 Å². The maximum absolute atomic E-state index is 13.2. The van der Waals surface area contributed by atoms with Crippen molar-refractivity contribution in [3.05, 3.63) is 94.0 Å². The van der Waals surface area contributed by atoms with Crippen LogP contribution in [0, 0.1) is 0 Å². The molecule has 1 N–H and O–H groups in total. The van der Waals surface area contributed by atoms with Crippen LogP contribution in [0.1, 0.15) is 11.1 Å². The molecule has 0 heterocycles. The summed E-state index contributed by atoms with van der Waals surface area (Å²) in [7, 11) is -4.20. The number of nitrogens with zero attached hydrogens (tertiary/aromatic N) is 2. The normalized spacial score (nSPS) is 12.0. The van der Waals surface area contributed by atoms with Crippen LogP contribution in [-0.4, -0.2) is 27.1 Å². The summed E-state index contributed by atoms with van der Waals surface area (Å²) in [6.07, 6.45) is -3.52. The second-order valence-electron chi connectivity index (χ2n) is 6.87. The van der Waals surface area contributed by atoms with Gasteiger partial charge in [-0.05, 0) is 48.0 Å². The molecule has 3 aromatic rings. The zero-order valence-electron chi connectivity index (χ0n) is 17.1. The van der Waals surface area contributed by atoms with Crippen LogP contribution in [0.2, 0.25) is 10.0 Å². The highest BCUT2D eigenvalue weighted by Gasteiger charge is 2.30. The minimum atomic E-state index is -4.53. The molecule has 0 aliphatic rings. The fourth-order valence-electron chi connectivity index (χ4n) is 2.86. The number of sulfonamides is 1. The van der Waals surface area contributed by atoms with Crippen LogP contribution in [0.4, 0.5) is 18.9 Å². The molecule has 34 heavy (non-hydrogen) atoms. The van der Waals surface area contributed by atoms with Gasteiger partial charge in [-0.2, -0.15) is 18.3 Å². The first-order valence-corrected chi connectivity index (χ1v) is 11.7. The highest BCUT2D eigenvalue weighted by Crippen LogP contribution is 2.30. The standard InChI is InChI=1S/C22H16Cl2F3N3O3S/c23-17-10-18(24)12-19(11-17)30(34(32,33)20-7-2-1-3-8-20)14-21(31)29-28-13-15-5-4-6-16(9-15)22(25,26)27/h1-13H,14H2,(H,29,31)/b28-13-. The molecule has 0 bridgehead atoms. The van der Waals surface area contributed by atoms with E-state index in [2.05, 4.69) is 10.5 Å². The lowest BCUT2D eigenvalue weighted by Gasteiger charge is -2.24. The summed E-state index contributed by atoms with van der Waals surface area (Å²) < 4.78 is 65.8. The van der Waals surface area contributed by atoms with Crippen molar-refractivity contribution in [2.24, 2.45) is 5.10 Å². The van der Waals surface area contributed by atoms with Crippen LogP contribution in [0.15, 0.2) is 82.8 Å². The number of carbonyl (C=O) groups excluding carboxylic acids is 1. The van der Waals surface area contributed by atoms with E-state index in [1.54, 1.807) is 6.07 Å². The van der Waals surface area contributed by atoms with Crippen LogP contribution in [0.3, 0.4) is 0 Å². The molecule has 178 valence electrons. The molecule has 0 fully saturated rings. The van der Waals surface area contributed by atoms with Crippen molar-refractivity contribution in [3.8, 4) is 0 Å². The Balaban J connectivity index is 1.84. The molecule has 6 nitrogen and oxygen atoms in total. The molecule has 12 heteroatoms. The van der Waals surface area contributed by atoms with Gasteiger partial charge in [-0.25, -0.2) is 13.8 Å². The number of hydrazone groups is 1. The Labute approximate surface area is 203 Å². The van der Waals surface area contributed by atoms with Crippen molar-refractivity contribution in [1.29, 1.82) is 0 Å². The van der Waals surface area contributed by atoms with Crippen molar-refractivity contribution < 1.29 is 26.4 Å². The average molecular weight is 530 g/mol. The molecule has 0 aliphatic heterocycles. The molecule has 3 aromatic carbocycles. The Morgan fingerprint density at radius 1 is 0.971 bits per heavy atom. The van der Waals surface area contributed by atoms with Gasteiger partial charge in [0.25, 0.3) is 15.9 Å². The first kappa shape index (κ1) is 25.5. The maximum atomic E-state index is 13.2. The van der Waals surface area contributed by atoms with Crippen LogP contribution < -0.4 is 9.73 Å². The quantitative estimate of drug-likeness (QED) is 0.330. The van der Waals surface area contributed by atoms with Crippen molar-refractivity contribution in [1.82, 2.24) is 5.43 Å². The minimum absolute atomic E-state index is 0.0401. The largest absolute Gasteiger partial charge is 0.416 e. The lowest BCUT2D eigenvalue weighted by atomic mass is 10.1. The Hall–Kier alpha value is -3.08. The molecule has 0 saturated heterocycles. The Morgan fingerprint density at radius 3 is 2.24 bits per heavy atom. The topological polar surface area (TPSA) is 78.8 Å². The average Bonchev–Trinajstić information content (AvgIpc) is 2.77. The number of anilines is 1. The van der Waals surface area contributed by atoms with Crippen LogP contribution >= 0.6 is 23.2 Å². The van der Waals surface area contributed by atoms with E-state index in [1.165, 1.54) is 54.6 Å². The summed E-state index contributed by atoms with van der Waals surface area (Å²) in [6.45, 7) is -0.701. The van der Waals surface area contributed by atoms with E-state index in [9.17, 15) is 26.4 Å². The zero-order valence-corrected chi connectivity index (χ0v) is 19.5. The predicted molar refractivity (Wildman–Crippen MR) is 125 cm³/mol. The van der Waals surface area contributed by atoms with Gasteiger partial charge in [0.1, 0.15) is 6.54 Å². The van der Waals surface area contributed by atoms with Crippen LogP contribution in [0.25, 0.3) is 0 Å². The molecule has 0 aliphatic carbocycles. The molecule has 1 amide bonds. The van der Waals surface area contributed by atoms with Crippen molar-refractivity contribution in [2.45, 2.75) is 11.1 Å². The zero-order chi connectivity index (χ0) is 24.9. The Kier molecular flexibility index (Phi) is 7.86. The lowest BCUT2D eigenvalue weighted by Crippen LogP contribution is -2.39. The van der Waals surface area contributed by atoms with Gasteiger partial charge in [0.2, 0.25) is 0 Å². The first-order valence-electron chi connectivity index (χ1n) is 9.50. The summed E-state index contributed by atoms with van der Waals surface area (Å²) in [5, 5.41) is 3.94. The highest BCUT2D eigenvalue weighted by molar-refractivity contribution is 7.92.